The number of nitrogens with one attached hydrogen (secondary N) is 1. The number of benzene rings is 1. The van der Waals surface area contributed by atoms with Crippen molar-refractivity contribution >= 4 is 17.6 Å². The number of aromatic nitrogens is 3. The molecule has 0 atom stereocenters. The molecule has 0 bridgehead atoms. The lowest BCUT2D eigenvalue weighted by Gasteiger charge is -2.08. The summed E-state index contributed by atoms with van der Waals surface area (Å²) >= 11 is 0. The molecular formula is C18H17N5O2. The predicted octanol–water partition coefficient (Wildman–Crippen LogP) is 2.14. The highest BCUT2D eigenvalue weighted by atomic mass is 16.2. The fraction of sp³-hybridized carbons (Fsp3) is 0.111. The molecule has 0 spiro atoms. The van der Waals surface area contributed by atoms with E-state index in [1.807, 2.05) is 6.92 Å². The number of hydrogen-bond acceptors (Lipinski definition) is 4. The fourth-order valence-corrected chi connectivity index (χ4v) is 2.58. The highest BCUT2D eigenvalue weighted by Gasteiger charge is 2.18. The molecule has 0 fully saturated rings. The van der Waals surface area contributed by atoms with Gasteiger partial charge in [0.1, 0.15) is 0 Å². The number of hydrogen-bond donors (Lipinski definition) is 2. The average Bonchev–Trinajstić information content (AvgIpc) is 2.95. The largest absolute Gasteiger partial charge is 0.366 e. The van der Waals surface area contributed by atoms with Gasteiger partial charge in [0, 0.05) is 41.8 Å². The minimum atomic E-state index is -0.540. The Labute approximate surface area is 144 Å². The van der Waals surface area contributed by atoms with E-state index in [0.29, 0.717) is 28.1 Å². The smallest absolute Gasteiger partial charge is 0.257 e. The molecule has 2 aromatic heterocycles. The van der Waals surface area contributed by atoms with Gasteiger partial charge in [-0.05, 0) is 30.7 Å². The normalized spacial score (nSPS) is 10.5. The third-order valence-corrected chi connectivity index (χ3v) is 3.70. The monoisotopic (exact) mass is 335 g/mol. The molecule has 0 saturated heterocycles. The summed E-state index contributed by atoms with van der Waals surface area (Å²) in [5, 5.41) is 7.08. The predicted molar refractivity (Wildman–Crippen MR) is 94.1 cm³/mol. The first-order valence-electron chi connectivity index (χ1n) is 7.62. The molecule has 3 rings (SSSR count). The molecule has 1 aromatic carbocycles. The Balaban J connectivity index is 2.00. The van der Waals surface area contributed by atoms with Gasteiger partial charge in [-0.3, -0.25) is 19.3 Å². The first-order valence-corrected chi connectivity index (χ1v) is 7.62. The van der Waals surface area contributed by atoms with E-state index in [-0.39, 0.29) is 5.91 Å². The Bertz CT molecular complexity index is 962. The van der Waals surface area contributed by atoms with Crippen molar-refractivity contribution in [2.24, 2.45) is 12.8 Å². The van der Waals surface area contributed by atoms with Crippen LogP contribution in [0.25, 0.3) is 11.1 Å². The van der Waals surface area contributed by atoms with Crippen LogP contribution in [0.4, 0.5) is 5.82 Å². The molecule has 0 unspecified atom stereocenters. The summed E-state index contributed by atoms with van der Waals surface area (Å²) in [5.41, 5.74) is 8.28. The third kappa shape index (κ3) is 3.40. The average molecular weight is 335 g/mol. The maximum Gasteiger partial charge on any atom is 0.257 e. The Morgan fingerprint density at radius 1 is 1.16 bits per heavy atom. The lowest BCUT2D eigenvalue weighted by Crippen LogP contribution is -2.15. The molecule has 2 amide bonds. The van der Waals surface area contributed by atoms with Crippen molar-refractivity contribution in [1.82, 2.24) is 14.8 Å². The Morgan fingerprint density at radius 3 is 2.64 bits per heavy atom. The van der Waals surface area contributed by atoms with E-state index >= 15 is 0 Å². The lowest BCUT2D eigenvalue weighted by molar-refractivity contribution is 0.0998. The summed E-state index contributed by atoms with van der Waals surface area (Å²) in [6.45, 7) is 1.81. The Morgan fingerprint density at radius 2 is 1.92 bits per heavy atom. The zero-order chi connectivity index (χ0) is 18.0. The second kappa shape index (κ2) is 6.56. The van der Waals surface area contributed by atoms with Gasteiger partial charge in [0.2, 0.25) is 5.91 Å². The number of carbonyl (C=O) groups excluding carboxylic acids is 2. The van der Waals surface area contributed by atoms with E-state index in [4.69, 9.17) is 5.73 Å². The summed E-state index contributed by atoms with van der Waals surface area (Å²) in [6.07, 6.45) is 3.31. The second-order valence-corrected chi connectivity index (χ2v) is 5.61. The molecule has 25 heavy (non-hydrogen) atoms. The summed E-state index contributed by atoms with van der Waals surface area (Å²) in [4.78, 5) is 28.3. The number of carbonyl (C=O) groups is 2. The van der Waals surface area contributed by atoms with Gasteiger partial charge in [0.25, 0.3) is 5.91 Å². The lowest BCUT2D eigenvalue weighted by atomic mass is 10.0. The van der Waals surface area contributed by atoms with E-state index in [9.17, 15) is 9.59 Å². The number of primary amides is 1. The minimum absolute atomic E-state index is 0.304. The molecule has 2 heterocycles. The van der Waals surface area contributed by atoms with Crippen LogP contribution in [0.1, 0.15) is 26.4 Å². The van der Waals surface area contributed by atoms with Crippen molar-refractivity contribution < 1.29 is 9.59 Å². The van der Waals surface area contributed by atoms with Gasteiger partial charge in [-0.15, -0.1) is 0 Å². The Kier molecular flexibility index (Phi) is 4.30. The third-order valence-electron chi connectivity index (χ3n) is 3.70. The SMILES string of the molecule is Cc1cc(C(=O)Nc2nn(C)cc2-c2ccccc2C(N)=O)ccn1. The van der Waals surface area contributed by atoms with E-state index in [1.165, 1.54) is 0 Å². The van der Waals surface area contributed by atoms with Crippen molar-refractivity contribution in [3.05, 3.63) is 65.6 Å². The van der Waals surface area contributed by atoms with Crippen molar-refractivity contribution in [2.75, 3.05) is 5.32 Å². The van der Waals surface area contributed by atoms with Crippen LogP contribution < -0.4 is 11.1 Å². The molecule has 0 aliphatic carbocycles. The van der Waals surface area contributed by atoms with Crippen LogP contribution in [0, 0.1) is 6.92 Å². The highest BCUT2D eigenvalue weighted by molar-refractivity contribution is 6.07. The Hall–Kier alpha value is -3.48. The molecule has 0 radical (unpaired) electrons. The topological polar surface area (TPSA) is 103 Å². The van der Waals surface area contributed by atoms with Gasteiger partial charge in [0.05, 0.1) is 0 Å². The number of nitrogens with two attached hydrogens (primary N) is 1. The molecule has 126 valence electrons. The van der Waals surface area contributed by atoms with E-state index in [2.05, 4.69) is 15.4 Å². The van der Waals surface area contributed by atoms with Crippen LogP contribution in [0.5, 0.6) is 0 Å². The van der Waals surface area contributed by atoms with Gasteiger partial charge in [-0.2, -0.15) is 5.10 Å². The number of amides is 2. The van der Waals surface area contributed by atoms with Crippen LogP contribution in [0.15, 0.2) is 48.8 Å². The zero-order valence-corrected chi connectivity index (χ0v) is 13.9. The number of nitrogens with zero attached hydrogens (tertiary/aromatic N) is 3. The zero-order valence-electron chi connectivity index (χ0n) is 13.9. The first kappa shape index (κ1) is 16.4. The van der Waals surface area contributed by atoms with Crippen molar-refractivity contribution in [1.29, 1.82) is 0 Å². The van der Waals surface area contributed by atoms with Gasteiger partial charge < -0.3 is 11.1 Å². The maximum absolute atomic E-state index is 12.5. The molecule has 3 aromatic rings. The number of aryl methyl sites for hydroxylation is 2. The summed E-state index contributed by atoms with van der Waals surface area (Å²) < 4.78 is 1.57. The molecular weight excluding hydrogens is 318 g/mol. The summed E-state index contributed by atoms with van der Waals surface area (Å²) in [7, 11) is 1.74. The second-order valence-electron chi connectivity index (χ2n) is 5.61. The first-order chi connectivity index (χ1) is 12.0. The van der Waals surface area contributed by atoms with Gasteiger partial charge in [-0.1, -0.05) is 18.2 Å². The minimum Gasteiger partial charge on any atom is -0.366 e. The van der Waals surface area contributed by atoms with Gasteiger partial charge in [-0.25, -0.2) is 0 Å². The molecule has 0 aliphatic rings. The standard InChI is InChI=1S/C18H17N5O2/c1-11-9-12(7-8-20-11)18(25)21-17-15(10-23(2)22-17)13-5-3-4-6-14(13)16(19)24/h3-10H,1-2H3,(H2,19,24)(H,21,22,25). The fourth-order valence-electron chi connectivity index (χ4n) is 2.58. The maximum atomic E-state index is 12.5. The molecule has 7 nitrogen and oxygen atoms in total. The van der Waals surface area contributed by atoms with Crippen LogP contribution in [0.2, 0.25) is 0 Å². The van der Waals surface area contributed by atoms with Crippen molar-refractivity contribution in [3.63, 3.8) is 0 Å². The van der Waals surface area contributed by atoms with Crippen molar-refractivity contribution in [2.45, 2.75) is 6.92 Å². The van der Waals surface area contributed by atoms with Crippen LogP contribution >= 0.6 is 0 Å². The number of pyridine rings is 1. The molecule has 0 saturated carbocycles. The highest BCUT2D eigenvalue weighted by Crippen LogP contribution is 2.30. The summed E-state index contributed by atoms with van der Waals surface area (Å²) in [6, 6.07) is 10.3. The molecule has 0 aliphatic heterocycles. The molecule has 3 N–H and O–H groups in total. The number of rotatable bonds is 4. The van der Waals surface area contributed by atoms with Crippen LogP contribution in [-0.2, 0) is 7.05 Å². The number of anilines is 1. The summed E-state index contributed by atoms with van der Waals surface area (Å²) in [5.74, 6) is -0.487. The van der Waals surface area contributed by atoms with Crippen LogP contribution in [-0.4, -0.2) is 26.6 Å². The van der Waals surface area contributed by atoms with Crippen molar-refractivity contribution in [3.8, 4) is 11.1 Å². The molecule has 7 heteroatoms. The quantitative estimate of drug-likeness (QED) is 0.762. The van der Waals surface area contributed by atoms with E-state index in [0.717, 1.165) is 5.69 Å². The van der Waals surface area contributed by atoms with Gasteiger partial charge in [0.15, 0.2) is 5.82 Å². The van der Waals surface area contributed by atoms with Gasteiger partial charge >= 0.3 is 0 Å². The van der Waals surface area contributed by atoms with E-state index in [1.54, 1.807) is 60.5 Å². The van der Waals surface area contributed by atoms with E-state index < -0.39 is 5.91 Å². The van der Waals surface area contributed by atoms with Crippen LogP contribution in [0.3, 0.4) is 0 Å².